The molecule has 0 spiro atoms. The van der Waals surface area contributed by atoms with E-state index in [9.17, 15) is 4.39 Å². The van der Waals surface area contributed by atoms with E-state index in [-0.39, 0.29) is 11.9 Å². The lowest BCUT2D eigenvalue weighted by Gasteiger charge is -2.29. The van der Waals surface area contributed by atoms with Crippen LogP contribution >= 0.6 is 0 Å². The first-order valence-corrected chi connectivity index (χ1v) is 7.02. The van der Waals surface area contributed by atoms with E-state index in [1.807, 2.05) is 6.07 Å². The van der Waals surface area contributed by atoms with Crippen molar-refractivity contribution in [2.45, 2.75) is 44.2 Å². The molecule has 1 aromatic rings. The fourth-order valence-corrected chi connectivity index (χ4v) is 2.68. The van der Waals surface area contributed by atoms with Crippen LogP contribution in [0.2, 0.25) is 0 Å². The molecule has 2 rings (SSSR count). The Morgan fingerprint density at radius 1 is 1.37 bits per heavy atom. The molecule has 4 heteroatoms. The van der Waals surface area contributed by atoms with Crippen molar-refractivity contribution in [3.05, 3.63) is 29.6 Å². The zero-order valence-electron chi connectivity index (χ0n) is 11.5. The van der Waals surface area contributed by atoms with Gasteiger partial charge in [-0.05, 0) is 43.5 Å². The van der Waals surface area contributed by atoms with Gasteiger partial charge in [-0.15, -0.1) is 0 Å². The van der Waals surface area contributed by atoms with Crippen LogP contribution in [0.3, 0.4) is 0 Å². The zero-order chi connectivity index (χ0) is 13.7. The molecule has 3 nitrogen and oxygen atoms in total. The van der Waals surface area contributed by atoms with E-state index in [0.29, 0.717) is 11.8 Å². The van der Waals surface area contributed by atoms with Crippen LogP contribution in [0.4, 0.5) is 4.39 Å². The number of benzene rings is 1. The monoisotopic (exact) mass is 266 g/mol. The van der Waals surface area contributed by atoms with E-state index in [1.54, 1.807) is 12.1 Å². The molecule has 0 radical (unpaired) electrons. The van der Waals surface area contributed by atoms with Gasteiger partial charge in [-0.3, -0.25) is 0 Å². The standard InChI is InChI=1S/C15H23FN2O/c1-19-15-7-6-11(10-12(15)16)8-9-18-14-5-3-2-4-13(14)17/h6-7,10,13-14,18H,2-5,8-9,17H2,1H3. The van der Waals surface area contributed by atoms with E-state index >= 15 is 0 Å². The first kappa shape index (κ1) is 14.3. The van der Waals surface area contributed by atoms with Crippen molar-refractivity contribution in [2.24, 2.45) is 5.73 Å². The van der Waals surface area contributed by atoms with Crippen molar-refractivity contribution in [1.82, 2.24) is 5.32 Å². The van der Waals surface area contributed by atoms with Gasteiger partial charge >= 0.3 is 0 Å². The van der Waals surface area contributed by atoms with E-state index in [0.717, 1.165) is 31.4 Å². The smallest absolute Gasteiger partial charge is 0.165 e. The normalized spacial score (nSPS) is 23.3. The maximum atomic E-state index is 13.5. The first-order chi connectivity index (χ1) is 9.20. The van der Waals surface area contributed by atoms with E-state index in [2.05, 4.69) is 5.32 Å². The molecular weight excluding hydrogens is 243 g/mol. The molecule has 2 unspecified atom stereocenters. The van der Waals surface area contributed by atoms with Crippen LogP contribution in [0, 0.1) is 5.82 Å². The van der Waals surface area contributed by atoms with Gasteiger partial charge in [0.25, 0.3) is 0 Å². The SMILES string of the molecule is COc1ccc(CCNC2CCCCC2N)cc1F. The molecule has 2 atom stereocenters. The quantitative estimate of drug-likeness (QED) is 0.859. The third-order valence-electron chi connectivity index (χ3n) is 3.86. The number of hydrogen-bond donors (Lipinski definition) is 2. The zero-order valence-corrected chi connectivity index (χ0v) is 11.5. The first-order valence-electron chi connectivity index (χ1n) is 7.02. The van der Waals surface area contributed by atoms with Gasteiger partial charge in [0.05, 0.1) is 7.11 Å². The van der Waals surface area contributed by atoms with Gasteiger partial charge in [0.2, 0.25) is 0 Å². The molecule has 0 aliphatic heterocycles. The van der Waals surface area contributed by atoms with E-state index in [1.165, 1.54) is 20.0 Å². The second kappa shape index (κ2) is 6.87. The number of rotatable bonds is 5. The third-order valence-corrected chi connectivity index (χ3v) is 3.86. The van der Waals surface area contributed by atoms with Gasteiger partial charge < -0.3 is 15.8 Å². The van der Waals surface area contributed by atoms with Crippen molar-refractivity contribution in [3.8, 4) is 5.75 Å². The molecule has 0 amide bonds. The minimum absolute atomic E-state index is 0.265. The largest absolute Gasteiger partial charge is 0.494 e. The van der Waals surface area contributed by atoms with Gasteiger partial charge in [0.1, 0.15) is 0 Å². The Kier molecular flexibility index (Phi) is 5.16. The highest BCUT2D eigenvalue weighted by Gasteiger charge is 2.20. The van der Waals surface area contributed by atoms with Crippen LogP contribution < -0.4 is 15.8 Å². The number of nitrogens with two attached hydrogens (primary N) is 1. The fraction of sp³-hybridized carbons (Fsp3) is 0.600. The summed E-state index contributed by atoms with van der Waals surface area (Å²) in [4.78, 5) is 0. The molecule has 1 aromatic carbocycles. The Morgan fingerprint density at radius 3 is 2.84 bits per heavy atom. The van der Waals surface area contributed by atoms with Crippen molar-refractivity contribution < 1.29 is 9.13 Å². The van der Waals surface area contributed by atoms with Crippen molar-refractivity contribution in [1.29, 1.82) is 0 Å². The molecule has 1 aliphatic rings. The minimum atomic E-state index is -0.297. The highest BCUT2D eigenvalue weighted by molar-refractivity contribution is 5.29. The Morgan fingerprint density at radius 2 is 2.16 bits per heavy atom. The minimum Gasteiger partial charge on any atom is -0.494 e. The van der Waals surface area contributed by atoms with Crippen molar-refractivity contribution >= 4 is 0 Å². The van der Waals surface area contributed by atoms with E-state index in [4.69, 9.17) is 10.5 Å². The number of methoxy groups -OCH3 is 1. The summed E-state index contributed by atoms with van der Waals surface area (Å²) in [5.74, 6) is 0.000352. The van der Waals surface area contributed by atoms with Gasteiger partial charge in [-0.25, -0.2) is 4.39 Å². The number of halogens is 1. The molecule has 0 heterocycles. The molecule has 19 heavy (non-hydrogen) atoms. The van der Waals surface area contributed by atoms with Gasteiger partial charge in [-0.2, -0.15) is 0 Å². The summed E-state index contributed by atoms with van der Waals surface area (Å²) in [5, 5.41) is 3.49. The lowest BCUT2D eigenvalue weighted by Crippen LogP contribution is -2.47. The van der Waals surface area contributed by atoms with Crippen LogP contribution in [-0.2, 0) is 6.42 Å². The van der Waals surface area contributed by atoms with Gasteiger partial charge in [-0.1, -0.05) is 18.9 Å². The molecule has 1 fully saturated rings. The van der Waals surface area contributed by atoms with Crippen LogP contribution in [0.5, 0.6) is 5.75 Å². The second-order valence-electron chi connectivity index (χ2n) is 5.23. The van der Waals surface area contributed by atoms with Crippen LogP contribution in [0.1, 0.15) is 31.2 Å². The number of nitrogens with one attached hydrogen (secondary N) is 1. The highest BCUT2D eigenvalue weighted by atomic mass is 19.1. The van der Waals surface area contributed by atoms with Crippen molar-refractivity contribution in [2.75, 3.05) is 13.7 Å². The average molecular weight is 266 g/mol. The van der Waals surface area contributed by atoms with Gasteiger partial charge in [0, 0.05) is 12.1 Å². The maximum Gasteiger partial charge on any atom is 0.165 e. The van der Waals surface area contributed by atoms with Crippen LogP contribution in [0.15, 0.2) is 18.2 Å². The lowest BCUT2D eigenvalue weighted by atomic mass is 9.91. The summed E-state index contributed by atoms with van der Waals surface area (Å²) in [6, 6.07) is 5.81. The number of hydrogen-bond acceptors (Lipinski definition) is 3. The summed E-state index contributed by atoms with van der Waals surface area (Å²) in [5.41, 5.74) is 7.06. The Bertz CT molecular complexity index is 411. The maximum absolute atomic E-state index is 13.5. The predicted molar refractivity (Wildman–Crippen MR) is 74.9 cm³/mol. The fourth-order valence-electron chi connectivity index (χ4n) is 2.68. The van der Waals surface area contributed by atoms with Gasteiger partial charge in [0.15, 0.2) is 11.6 Å². The summed E-state index contributed by atoms with van der Waals surface area (Å²) in [6.07, 6.45) is 5.56. The predicted octanol–water partition coefficient (Wildman–Crippen LogP) is 2.24. The van der Waals surface area contributed by atoms with E-state index < -0.39 is 0 Å². The summed E-state index contributed by atoms with van der Waals surface area (Å²) in [7, 11) is 1.48. The number of ether oxygens (including phenoxy) is 1. The Balaban J connectivity index is 1.80. The Labute approximate surface area is 114 Å². The Hall–Kier alpha value is -1.13. The molecule has 0 bridgehead atoms. The molecule has 3 N–H and O–H groups in total. The summed E-state index contributed by atoms with van der Waals surface area (Å²) >= 11 is 0. The topological polar surface area (TPSA) is 47.3 Å². The van der Waals surface area contributed by atoms with Crippen molar-refractivity contribution in [3.63, 3.8) is 0 Å². The molecule has 0 saturated heterocycles. The van der Waals surface area contributed by atoms with Crippen LogP contribution in [-0.4, -0.2) is 25.7 Å². The second-order valence-corrected chi connectivity index (χ2v) is 5.23. The highest BCUT2D eigenvalue weighted by Crippen LogP contribution is 2.19. The summed E-state index contributed by atoms with van der Waals surface area (Å²) in [6.45, 7) is 0.837. The molecular formula is C15H23FN2O. The molecule has 106 valence electrons. The molecule has 1 aliphatic carbocycles. The third kappa shape index (κ3) is 3.91. The molecule has 1 saturated carbocycles. The summed E-state index contributed by atoms with van der Waals surface area (Å²) < 4.78 is 18.4. The molecule has 0 aromatic heterocycles. The van der Waals surface area contributed by atoms with Crippen LogP contribution in [0.25, 0.3) is 0 Å². The average Bonchev–Trinajstić information content (AvgIpc) is 2.41. The lowest BCUT2D eigenvalue weighted by molar-refractivity contribution is 0.329.